The summed E-state index contributed by atoms with van der Waals surface area (Å²) in [5.41, 5.74) is 2.96. The topological polar surface area (TPSA) is 76.2 Å². The number of hydrogen-bond donors (Lipinski definition) is 2. The van der Waals surface area contributed by atoms with E-state index in [1.54, 1.807) is 24.5 Å². The molecule has 3 heterocycles. The van der Waals surface area contributed by atoms with Crippen molar-refractivity contribution in [2.75, 3.05) is 17.3 Å². The monoisotopic (exact) mass is 463 g/mol. The molecule has 2 N–H and O–H groups in total. The van der Waals surface area contributed by atoms with E-state index in [2.05, 4.69) is 21.6 Å². The van der Waals surface area contributed by atoms with Crippen molar-refractivity contribution < 1.29 is 18.7 Å². The fraction of sp³-hybridized carbons (Fsp3) is 0.200. The summed E-state index contributed by atoms with van der Waals surface area (Å²) in [6.07, 6.45) is 5.41. The first-order valence-electron chi connectivity index (χ1n) is 10.7. The number of aromatic amines is 1. The maximum atomic E-state index is 15.1. The van der Waals surface area contributed by atoms with Crippen LogP contribution in [0.2, 0.25) is 0 Å². The quantitative estimate of drug-likeness (QED) is 0.184. The molecule has 1 aliphatic heterocycles. The number of fused-ring (bicyclic) bond motifs is 2. The zero-order valence-corrected chi connectivity index (χ0v) is 18.8. The Hall–Kier alpha value is -3.52. The van der Waals surface area contributed by atoms with Gasteiger partial charge in [-0.15, -0.1) is 0 Å². The maximum Gasteiger partial charge on any atom is 0.231 e. The number of ether oxygens (including phenoxy) is 2. The molecule has 0 atom stereocenters. The van der Waals surface area contributed by atoms with Crippen LogP contribution in [-0.4, -0.2) is 28.3 Å². The summed E-state index contributed by atoms with van der Waals surface area (Å²) < 4.78 is 29.0. The number of H-pyrrole nitrogens is 1. The SMILES string of the molecule is CCCCSNc1cccc(C(=O)c2c[nH]c3ncc(-c4ccc5c(c4)OCO5)cc23)c1F. The summed E-state index contributed by atoms with van der Waals surface area (Å²) in [5.74, 6) is 1.28. The molecule has 6 nitrogen and oxygen atoms in total. The van der Waals surface area contributed by atoms with Crippen molar-refractivity contribution in [3.8, 4) is 22.6 Å². The highest BCUT2D eigenvalue weighted by Gasteiger charge is 2.21. The fourth-order valence-electron chi connectivity index (χ4n) is 3.70. The van der Waals surface area contributed by atoms with Crippen LogP contribution in [0.1, 0.15) is 35.7 Å². The lowest BCUT2D eigenvalue weighted by Crippen LogP contribution is -2.06. The normalized spacial score (nSPS) is 12.3. The third kappa shape index (κ3) is 4.14. The molecule has 33 heavy (non-hydrogen) atoms. The average molecular weight is 464 g/mol. The molecule has 0 radical (unpaired) electrons. The second kappa shape index (κ2) is 9.15. The van der Waals surface area contributed by atoms with Gasteiger partial charge in [-0.2, -0.15) is 0 Å². The van der Waals surface area contributed by atoms with Gasteiger partial charge >= 0.3 is 0 Å². The van der Waals surface area contributed by atoms with Crippen LogP contribution in [0.5, 0.6) is 11.5 Å². The van der Waals surface area contributed by atoms with Crippen molar-refractivity contribution in [3.05, 3.63) is 71.8 Å². The number of anilines is 1. The van der Waals surface area contributed by atoms with Crippen LogP contribution in [0.3, 0.4) is 0 Å². The number of carbonyl (C=O) groups is 1. The van der Waals surface area contributed by atoms with Crippen molar-refractivity contribution in [2.24, 2.45) is 0 Å². The smallest absolute Gasteiger partial charge is 0.231 e. The number of aromatic nitrogens is 2. The van der Waals surface area contributed by atoms with Crippen molar-refractivity contribution in [2.45, 2.75) is 19.8 Å². The number of ketones is 1. The maximum absolute atomic E-state index is 15.1. The van der Waals surface area contributed by atoms with Gasteiger partial charge in [0.1, 0.15) is 5.65 Å². The Morgan fingerprint density at radius 3 is 2.91 bits per heavy atom. The van der Waals surface area contributed by atoms with Gasteiger partial charge in [-0.25, -0.2) is 9.37 Å². The number of rotatable bonds is 8. The molecule has 4 aromatic rings. The third-order valence-corrected chi connectivity index (χ3v) is 6.36. The van der Waals surface area contributed by atoms with Gasteiger partial charge in [-0.05, 0) is 42.3 Å². The summed E-state index contributed by atoms with van der Waals surface area (Å²) in [6.45, 7) is 2.30. The molecule has 0 saturated heterocycles. The number of pyridine rings is 1. The first-order valence-corrected chi connectivity index (χ1v) is 11.7. The number of halogens is 1. The van der Waals surface area contributed by atoms with E-state index in [9.17, 15) is 4.79 Å². The Morgan fingerprint density at radius 2 is 2.03 bits per heavy atom. The number of unbranched alkanes of at least 4 members (excludes halogenated alkanes) is 1. The van der Waals surface area contributed by atoms with E-state index in [1.807, 2.05) is 24.3 Å². The summed E-state index contributed by atoms with van der Waals surface area (Å²) in [7, 11) is 0. The molecule has 168 valence electrons. The first kappa shape index (κ1) is 21.3. The van der Waals surface area contributed by atoms with Crippen LogP contribution in [0.15, 0.2) is 54.9 Å². The molecular weight excluding hydrogens is 441 g/mol. The van der Waals surface area contributed by atoms with Crippen LogP contribution < -0.4 is 14.2 Å². The van der Waals surface area contributed by atoms with Crippen molar-refractivity contribution in [3.63, 3.8) is 0 Å². The Morgan fingerprint density at radius 1 is 1.15 bits per heavy atom. The molecule has 0 bridgehead atoms. The Kier molecular flexibility index (Phi) is 5.92. The molecular formula is C25H22FN3O3S. The number of nitrogens with zero attached hydrogens (tertiary/aromatic N) is 1. The molecule has 1 aliphatic rings. The van der Waals surface area contributed by atoms with Gasteiger partial charge in [0, 0.05) is 34.7 Å². The molecule has 2 aromatic heterocycles. The molecule has 0 spiro atoms. The van der Waals surface area contributed by atoms with Crippen LogP contribution in [0.25, 0.3) is 22.2 Å². The zero-order valence-electron chi connectivity index (χ0n) is 18.0. The molecule has 8 heteroatoms. The number of hydrogen-bond acceptors (Lipinski definition) is 6. The predicted molar refractivity (Wildman–Crippen MR) is 128 cm³/mol. The van der Waals surface area contributed by atoms with E-state index in [1.165, 1.54) is 18.0 Å². The molecule has 0 amide bonds. The zero-order chi connectivity index (χ0) is 22.8. The van der Waals surface area contributed by atoms with E-state index >= 15 is 4.39 Å². The van der Waals surface area contributed by atoms with Gasteiger partial charge in [-0.3, -0.25) is 4.79 Å². The summed E-state index contributed by atoms with van der Waals surface area (Å²) in [5, 5.41) is 0.630. The molecule has 0 saturated carbocycles. The lowest BCUT2D eigenvalue weighted by atomic mass is 10.00. The highest BCUT2D eigenvalue weighted by atomic mass is 32.2. The van der Waals surface area contributed by atoms with Crippen LogP contribution in [-0.2, 0) is 0 Å². The summed E-state index contributed by atoms with van der Waals surface area (Å²) in [4.78, 5) is 20.8. The fourth-order valence-corrected chi connectivity index (χ4v) is 4.55. The van der Waals surface area contributed by atoms with Crippen LogP contribution in [0, 0.1) is 5.82 Å². The van der Waals surface area contributed by atoms with E-state index in [4.69, 9.17) is 9.47 Å². The minimum absolute atomic E-state index is 0.0190. The van der Waals surface area contributed by atoms with Gasteiger partial charge in [0.15, 0.2) is 23.1 Å². The minimum atomic E-state index is -0.555. The lowest BCUT2D eigenvalue weighted by molar-refractivity contribution is 0.103. The highest BCUT2D eigenvalue weighted by molar-refractivity contribution is 8.00. The van der Waals surface area contributed by atoms with Crippen molar-refractivity contribution in [1.82, 2.24) is 9.97 Å². The average Bonchev–Trinajstić information content (AvgIpc) is 3.48. The van der Waals surface area contributed by atoms with Crippen LogP contribution >= 0.6 is 11.9 Å². The second-order valence-corrected chi connectivity index (χ2v) is 8.59. The molecule has 0 aliphatic carbocycles. The molecule has 5 rings (SSSR count). The molecule has 0 unspecified atom stereocenters. The van der Waals surface area contributed by atoms with Crippen molar-refractivity contribution >= 4 is 34.5 Å². The van der Waals surface area contributed by atoms with E-state index in [-0.39, 0.29) is 12.4 Å². The Bertz CT molecular complexity index is 1340. The molecule has 0 fully saturated rings. The predicted octanol–water partition coefficient (Wildman–Crippen LogP) is 6.19. The summed E-state index contributed by atoms with van der Waals surface area (Å²) >= 11 is 1.44. The van der Waals surface area contributed by atoms with E-state index < -0.39 is 11.6 Å². The Balaban J connectivity index is 1.47. The van der Waals surface area contributed by atoms with Gasteiger partial charge in [-0.1, -0.05) is 37.4 Å². The standard InChI is InChI=1S/C25H22FN3O3S/c1-2-3-9-33-29-20-6-4-5-17(23(20)26)24(30)19-13-28-25-18(19)10-16(12-27-25)15-7-8-21-22(11-15)32-14-31-21/h4-8,10-13,29H,2-3,9,14H2,1H3,(H,27,28). The van der Waals surface area contributed by atoms with Gasteiger partial charge in [0.25, 0.3) is 0 Å². The van der Waals surface area contributed by atoms with Gasteiger partial charge in [0.05, 0.1) is 11.3 Å². The van der Waals surface area contributed by atoms with Gasteiger partial charge < -0.3 is 19.2 Å². The van der Waals surface area contributed by atoms with E-state index in [0.29, 0.717) is 33.8 Å². The summed E-state index contributed by atoms with van der Waals surface area (Å²) in [6, 6.07) is 12.3. The largest absolute Gasteiger partial charge is 0.454 e. The minimum Gasteiger partial charge on any atom is -0.454 e. The molecule has 2 aromatic carbocycles. The van der Waals surface area contributed by atoms with Gasteiger partial charge in [0.2, 0.25) is 6.79 Å². The van der Waals surface area contributed by atoms with E-state index in [0.717, 1.165) is 29.7 Å². The Labute approximate surface area is 194 Å². The first-order chi connectivity index (χ1) is 16.2. The second-order valence-electron chi connectivity index (χ2n) is 7.69. The highest BCUT2D eigenvalue weighted by Crippen LogP contribution is 2.36. The number of benzene rings is 2. The lowest BCUT2D eigenvalue weighted by Gasteiger charge is -2.09. The number of carbonyl (C=O) groups excluding carboxylic acids is 1. The number of nitrogens with one attached hydrogen (secondary N) is 2. The third-order valence-electron chi connectivity index (χ3n) is 5.51. The van der Waals surface area contributed by atoms with Crippen LogP contribution in [0.4, 0.5) is 10.1 Å². The van der Waals surface area contributed by atoms with Crippen molar-refractivity contribution in [1.29, 1.82) is 0 Å².